The second kappa shape index (κ2) is 11.2. The molecule has 4 aliphatic rings. The molecule has 0 saturated heterocycles. The van der Waals surface area contributed by atoms with Crippen molar-refractivity contribution >= 4 is 35.0 Å². The molecule has 0 amide bonds. The van der Waals surface area contributed by atoms with Crippen molar-refractivity contribution in [2.45, 2.75) is 38.5 Å². The Kier molecular flexibility index (Phi) is 7.16. The van der Waals surface area contributed by atoms with Gasteiger partial charge in [0.25, 0.3) is 0 Å². The topological polar surface area (TPSA) is 123 Å². The molecule has 10 heteroatoms. The van der Waals surface area contributed by atoms with Gasteiger partial charge in [-0.05, 0) is 118 Å². The average molecular weight is 591 g/mol. The number of hydrogen-bond acceptors (Lipinski definition) is 8. The minimum Gasteiger partial charge on any atom is -0.457 e. The van der Waals surface area contributed by atoms with Gasteiger partial charge in [-0.1, -0.05) is 6.08 Å². The molecule has 3 aromatic heterocycles. The number of carbonyl (C=O) groups excluding carboxylic acids is 1. The Hall–Kier alpha value is -4.57. The number of rotatable bonds is 10. The van der Waals surface area contributed by atoms with Crippen molar-refractivity contribution in [1.82, 2.24) is 24.5 Å². The molecule has 4 aromatic rings. The maximum Gasteiger partial charge on any atom is 0.162 e. The number of aryl methyl sites for hydroxylation is 1. The van der Waals surface area contributed by atoms with Crippen molar-refractivity contribution in [3.63, 3.8) is 0 Å². The summed E-state index contributed by atoms with van der Waals surface area (Å²) < 4.78 is 8.03. The van der Waals surface area contributed by atoms with Gasteiger partial charge in [0.15, 0.2) is 17.4 Å². The number of fused-ring (bicyclic) bond motifs is 3. The van der Waals surface area contributed by atoms with E-state index in [0.717, 1.165) is 54.1 Å². The van der Waals surface area contributed by atoms with Crippen molar-refractivity contribution in [3.8, 4) is 11.5 Å². The highest BCUT2D eigenvalue weighted by molar-refractivity contribution is 5.98. The van der Waals surface area contributed by atoms with Crippen LogP contribution in [0.2, 0.25) is 0 Å². The molecule has 4 bridgehead atoms. The number of nitrogens with one attached hydrogen (secondary N) is 1. The van der Waals surface area contributed by atoms with E-state index in [1.54, 1.807) is 24.7 Å². The normalized spacial score (nSPS) is 25.6. The number of anilines is 2. The minimum absolute atomic E-state index is 0.133. The second-order valence-corrected chi connectivity index (χ2v) is 12.8. The third-order valence-corrected chi connectivity index (χ3v) is 9.78. The first kappa shape index (κ1) is 28.2. The molecule has 4 saturated carbocycles. The van der Waals surface area contributed by atoms with Gasteiger partial charge in [0.2, 0.25) is 0 Å². The number of nitrogens with zero attached hydrogens (tertiary/aromatic N) is 6. The number of carbonyl (C=O) groups is 1. The maximum atomic E-state index is 13.4. The Balaban J connectivity index is 1.11. The molecule has 0 aliphatic heterocycles. The predicted octanol–water partition coefficient (Wildman–Crippen LogP) is 5.79. The molecule has 0 spiro atoms. The predicted molar refractivity (Wildman–Crippen MR) is 171 cm³/mol. The molecule has 1 aromatic carbocycles. The number of likely N-dealkylation sites (N-methyl/N-ethyl adjacent to an activating group) is 1. The highest BCUT2D eigenvalue weighted by Crippen LogP contribution is 2.75. The smallest absolute Gasteiger partial charge is 0.162 e. The lowest BCUT2D eigenvalue weighted by atomic mass is 9.88. The molecule has 5 atom stereocenters. The Morgan fingerprint density at radius 3 is 2.86 bits per heavy atom. The van der Waals surface area contributed by atoms with Crippen LogP contribution in [0, 0.1) is 30.1 Å². The van der Waals surface area contributed by atoms with Crippen LogP contribution in [-0.4, -0.2) is 57.2 Å². The quantitative estimate of drug-likeness (QED) is 0.135. The van der Waals surface area contributed by atoms with Crippen LogP contribution in [0.3, 0.4) is 0 Å². The van der Waals surface area contributed by atoms with E-state index in [4.69, 9.17) is 10.5 Å². The molecule has 3 heterocycles. The molecule has 4 fully saturated rings. The first-order valence-electron chi connectivity index (χ1n) is 15.3. The molecule has 226 valence electrons. The van der Waals surface area contributed by atoms with E-state index in [2.05, 4.69) is 36.3 Å². The van der Waals surface area contributed by atoms with Crippen molar-refractivity contribution in [2.75, 3.05) is 26.0 Å². The molecular weight excluding hydrogens is 552 g/mol. The SMILES string of the molecule is Cc1cc(Nc2ncnn3ccc(C4CC5CC6C(C4)C6(C(=O)/C=C/CN(C)C)C5)c23)ccc1Oc1ccnc(N=CN)c1. The van der Waals surface area contributed by atoms with Crippen molar-refractivity contribution in [2.24, 2.45) is 33.9 Å². The summed E-state index contributed by atoms with van der Waals surface area (Å²) in [6.07, 6.45) is 14.7. The number of benzene rings is 1. The van der Waals surface area contributed by atoms with Crippen molar-refractivity contribution in [1.29, 1.82) is 0 Å². The van der Waals surface area contributed by atoms with Gasteiger partial charge in [-0.3, -0.25) is 4.79 Å². The summed E-state index contributed by atoms with van der Waals surface area (Å²) in [4.78, 5) is 28.4. The number of allylic oxidation sites excluding steroid dienone is 1. The number of aromatic nitrogens is 4. The summed E-state index contributed by atoms with van der Waals surface area (Å²) in [5.41, 5.74) is 9.41. The lowest BCUT2D eigenvalue weighted by molar-refractivity contribution is -0.120. The largest absolute Gasteiger partial charge is 0.457 e. The van der Waals surface area contributed by atoms with Gasteiger partial charge in [0.1, 0.15) is 23.3 Å². The van der Waals surface area contributed by atoms with E-state index < -0.39 is 0 Å². The van der Waals surface area contributed by atoms with E-state index in [0.29, 0.717) is 41.0 Å². The van der Waals surface area contributed by atoms with Crippen LogP contribution in [-0.2, 0) is 4.79 Å². The van der Waals surface area contributed by atoms with Gasteiger partial charge in [0.05, 0.1) is 6.34 Å². The van der Waals surface area contributed by atoms with Gasteiger partial charge in [-0.2, -0.15) is 5.10 Å². The Morgan fingerprint density at radius 2 is 2.05 bits per heavy atom. The fourth-order valence-corrected chi connectivity index (χ4v) is 7.92. The lowest BCUT2D eigenvalue weighted by Crippen LogP contribution is -2.17. The second-order valence-electron chi connectivity index (χ2n) is 12.8. The van der Waals surface area contributed by atoms with Gasteiger partial charge >= 0.3 is 0 Å². The van der Waals surface area contributed by atoms with Crippen LogP contribution in [0.15, 0.2) is 72.3 Å². The van der Waals surface area contributed by atoms with E-state index in [9.17, 15) is 4.79 Å². The number of aliphatic imine (C=N–C) groups is 1. The highest BCUT2D eigenvalue weighted by atomic mass is 16.5. The number of hydrogen-bond donors (Lipinski definition) is 2. The first-order chi connectivity index (χ1) is 21.4. The van der Waals surface area contributed by atoms with Gasteiger partial charge in [0, 0.05) is 36.1 Å². The fraction of sp³-hybridized carbons (Fsp3) is 0.382. The number of pyridine rings is 1. The van der Waals surface area contributed by atoms with Crippen molar-refractivity contribution in [3.05, 3.63) is 78.4 Å². The van der Waals surface area contributed by atoms with Crippen LogP contribution in [0.5, 0.6) is 11.5 Å². The van der Waals surface area contributed by atoms with E-state index in [1.165, 1.54) is 18.3 Å². The van der Waals surface area contributed by atoms with Crippen LogP contribution in [0.25, 0.3) is 5.52 Å². The zero-order chi connectivity index (χ0) is 30.4. The number of ketones is 1. The summed E-state index contributed by atoms with van der Waals surface area (Å²) in [5, 5.41) is 8.07. The van der Waals surface area contributed by atoms with E-state index >= 15 is 0 Å². The Bertz CT molecular complexity index is 1780. The fourth-order valence-electron chi connectivity index (χ4n) is 7.92. The van der Waals surface area contributed by atoms with Gasteiger partial charge in [-0.25, -0.2) is 19.5 Å². The molecule has 0 radical (unpaired) electrons. The Morgan fingerprint density at radius 1 is 1.18 bits per heavy atom. The Labute approximate surface area is 257 Å². The molecule has 4 aliphatic carbocycles. The minimum atomic E-state index is -0.133. The van der Waals surface area contributed by atoms with Crippen LogP contribution in [0.1, 0.15) is 42.7 Å². The monoisotopic (exact) mass is 590 g/mol. The van der Waals surface area contributed by atoms with E-state index in [1.807, 2.05) is 62.1 Å². The molecule has 8 rings (SSSR count). The standard InChI is InChI=1S/C34H38N8O2/c1-21-13-24(6-7-29(21)44-25-8-10-36-31(17-25)37-19-35)40-33-32-26(9-12-42(32)39-20-38-33)23-14-22-15-27-28(16-23)34(27,18-22)30(43)5-4-11-41(2)3/h4-10,12-13,17,19-20,22-23,27-28H,11,14-16,18H2,1-3H3,(H2,35,36,37)(H,38,39,40)/b5-4+. The van der Waals surface area contributed by atoms with E-state index in [-0.39, 0.29) is 5.41 Å². The average Bonchev–Trinajstić information content (AvgIpc) is 3.25. The maximum absolute atomic E-state index is 13.4. The summed E-state index contributed by atoms with van der Waals surface area (Å²) in [6, 6.07) is 11.7. The van der Waals surface area contributed by atoms with Gasteiger partial charge in [-0.15, -0.1) is 0 Å². The van der Waals surface area contributed by atoms with Crippen molar-refractivity contribution < 1.29 is 9.53 Å². The van der Waals surface area contributed by atoms with Crippen LogP contribution in [0.4, 0.5) is 17.3 Å². The zero-order valence-electron chi connectivity index (χ0n) is 25.4. The molecule has 3 N–H and O–H groups in total. The van der Waals surface area contributed by atoms with Crippen LogP contribution < -0.4 is 15.8 Å². The zero-order valence-corrected chi connectivity index (χ0v) is 25.4. The summed E-state index contributed by atoms with van der Waals surface area (Å²) in [7, 11) is 4.05. The van der Waals surface area contributed by atoms with Gasteiger partial charge < -0.3 is 20.7 Å². The third kappa shape index (κ3) is 5.02. The third-order valence-electron chi connectivity index (χ3n) is 9.78. The lowest BCUT2D eigenvalue weighted by Gasteiger charge is -2.18. The summed E-state index contributed by atoms with van der Waals surface area (Å²) in [6.45, 7) is 2.80. The van der Waals surface area contributed by atoms with Crippen LogP contribution >= 0.6 is 0 Å². The number of ether oxygens (including phenoxy) is 1. The first-order valence-corrected chi connectivity index (χ1v) is 15.3. The molecular formula is C34H38N8O2. The molecule has 44 heavy (non-hydrogen) atoms. The molecule has 10 nitrogen and oxygen atoms in total. The highest BCUT2D eigenvalue weighted by Gasteiger charge is 2.73. The summed E-state index contributed by atoms with van der Waals surface area (Å²) in [5.74, 6) is 4.93. The summed E-state index contributed by atoms with van der Waals surface area (Å²) >= 11 is 0. The molecule has 5 unspecified atom stereocenters. The number of nitrogens with two attached hydrogens (primary N) is 1.